The first-order valence-corrected chi connectivity index (χ1v) is 7.99. The van der Waals surface area contributed by atoms with Crippen molar-refractivity contribution in [3.8, 4) is 5.75 Å². The molecule has 0 saturated carbocycles. The number of methoxy groups -OCH3 is 1. The second-order valence-corrected chi connectivity index (χ2v) is 5.84. The van der Waals surface area contributed by atoms with Gasteiger partial charge in [-0.3, -0.25) is 24.6 Å². The number of benzene rings is 1. The lowest BCUT2D eigenvalue weighted by Gasteiger charge is -2.29. The summed E-state index contributed by atoms with van der Waals surface area (Å²) in [7, 11) is 1.19. The topological polar surface area (TPSA) is 128 Å². The fraction of sp³-hybridized carbons (Fsp3) is 0.353. The molecule has 2 atom stereocenters. The Morgan fingerprint density at radius 2 is 2.22 bits per heavy atom. The highest BCUT2D eigenvalue weighted by Crippen LogP contribution is 2.35. The number of rotatable bonds is 7. The van der Waals surface area contributed by atoms with Gasteiger partial charge in [-0.2, -0.15) is 0 Å². The van der Waals surface area contributed by atoms with Gasteiger partial charge in [0.2, 0.25) is 5.91 Å². The summed E-state index contributed by atoms with van der Waals surface area (Å²) in [4.78, 5) is 47.9. The Bertz CT molecular complexity index is 793. The zero-order valence-corrected chi connectivity index (χ0v) is 14.8. The molecule has 0 saturated heterocycles. The highest BCUT2D eigenvalue weighted by atomic mass is 16.6. The average Bonchev–Trinajstić information content (AvgIpc) is 2.66. The van der Waals surface area contributed by atoms with E-state index in [0.29, 0.717) is 0 Å². The average molecular weight is 377 g/mol. The van der Waals surface area contributed by atoms with Crippen LogP contribution in [0.3, 0.4) is 0 Å². The number of hydrogen-bond acceptors (Lipinski definition) is 7. The van der Waals surface area contributed by atoms with Gasteiger partial charge in [-0.25, -0.2) is 4.79 Å². The summed E-state index contributed by atoms with van der Waals surface area (Å²) in [6.45, 7) is 4.52. The van der Waals surface area contributed by atoms with Crippen molar-refractivity contribution in [3.63, 3.8) is 0 Å². The number of non-ortho nitro benzene ring substituents is 1. The lowest BCUT2D eigenvalue weighted by Crippen LogP contribution is -2.51. The van der Waals surface area contributed by atoms with E-state index in [9.17, 15) is 24.5 Å². The minimum atomic E-state index is -0.972. The Labute approximate surface area is 154 Å². The molecule has 1 aliphatic heterocycles. The maximum atomic E-state index is 12.4. The molecule has 1 aromatic carbocycles. The van der Waals surface area contributed by atoms with Crippen LogP contribution in [0.5, 0.6) is 5.75 Å². The maximum Gasteiger partial charge on any atom is 0.328 e. The summed E-state index contributed by atoms with van der Waals surface area (Å²) < 4.78 is 9.91. The minimum absolute atomic E-state index is 0.113. The first-order chi connectivity index (χ1) is 12.8. The van der Waals surface area contributed by atoms with Crippen molar-refractivity contribution in [2.75, 3.05) is 25.2 Å². The molecule has 0 radical (unpaired) electrons. The molecule has 2 amide bonds. The molecule has 0 aromatic heterocycles. The summed E-state index contributed by atoms with van der Waals surface area (Å²) in [6, 6.07) is 2.79. The molecule has 0 bridgehead atoms. The van der Waals surface area contributed by atoms with Gasteiger partial charge in [-0.05, 0) is 6.07 Å². The van der Waals surface area contributed by atoms with Gasteiger partial charge in [-0.1, -0.05) is 13.0 Å². The molecule has 1 aliphatic rings. The number of nitro groups is 1. The third-order valence-electron chi connectivity index (χ3n) is 4.07. The summed E-state index contributed by atoms with van der Waals surface area (Å²) >= 11 is 0. The Kier molecular flexibility index (Phi) is 6.11. The first kappa shape index (κ1) is 19.9. The zero-order valence-electron chi connectivity index (χ0n) is 14.8. The Hall–Kier alpha value is -3.43. The number of hydrogen-bond donors (Lipinski definition) is 1. The number of fused-ring (bicyclic) bond motifs is 1. The lowest BCUT2D eigenvalue weighted by atomic mass is 10.0. The van der Waals surface area contributed by atoms with Crippen molar-refractivity contribution >= 4 is 29.2 Å². The third kappa shape index (κ3) is 4.40. The van der Waals surface area contributed by atoms with Crippen LogP contribution in [0.2, 0.25) is 0 Å². The van der Waals surface area contributed by atoms with Crippen molar-refractivity contribution in [3.05, 3.63) is 41.0 Å². The van der Waals surface area contributed by atoms with E-state index in [2.05, 4.69) is 16.6 Å². The fourth-order valence-electron chi connectivity index (χ4n) is 2.51. The Morgan fingerprint density at radius 3 is 2.81 bits per heavy atom. The van der Waals surface area contributed by atoms with Gasteiger partial charge in [-0.15, -0.1) is 6.58 Å². The van der Waals surface area contributed by atoms with Crippen LogP contribution in [0.4, 0.5) is 11.4 Å². The SMILES string of the molecule is C=CC(C)C(NC(=O)CN1C(=O)COc2ccc([N+](=O)[O-])cc21)C(=O)OC. The lowest BCUT2D eigenvalue weighted by molar-refractivity contribution is -0.384. The van der Waals surface area contributed by atoms with Gasteiger partial charge in [0.15, 0.2) is 6.61 Å². The maximum absolute atomic E-state index is 12.4. The van der Waals surface area contributed by atoms with Gasteiger partial charge < -0.3 is 14.8 Å². The molecule has 0 aliphatic carbocycles. The van der Waals surface area contributed by atoms with Crippen LogP contribution in [-0.2, 0) is 19.1 Å². The van der Waals surface area contributed by atoms with Crippen LogP contribution in [0.25, 0.3) is 0 Å². The largest absolute Gasteiger partial charge is 0.482 e. The number of amides is 2. The summed E-state index contributed by atoms with van der Waals surface area (Å²) in [5.74, 6) is -1.98. The second kappa shape index (κ2) is 8.30. The molecule has 1 aromatic rings. The van der Waals surface area contributed by atoms with Gasteiger partial charge in [0.25, 0.3) is 11.6 Å². The van der Waals surface area contributed by atoms with Crippen molar-refractivity contribution < 1.29 is 28.8 Å². The molecule has 2 rings (SSSR count). The van der Waals surface area contributed by atoms with Crippen molar-refractivity contribution in [1.29, 1.82) is 0 Å². The molecular weight excluding hydrogens is 358 g/mol. The number of nitro benzene ring substituents is 1. The molecule has 2 unspecified atom stereocenters. The van der Waals surface area contributed by atoms with Gasteiger partial charge in [0.1, 0.15) is 18.3 Å². The number of ether oxygens (including phenoxy) is 2. The number of carbonyl (C=O) groups excluding carboxylic acids is 3. The number of nitrogens with zero attached hydrogens (tertiary/aromatic N) is 2. The van der Waals surface area contributed by atoms with Crippen LogP contribution in [-0.4, -0.2) is 49.0 Å². The molecule has 1 heterocycles. The quantitative estimate of drug-likeness (QED) is 0.322. The van der Waals surface area contributed by atoms with E-state index in [-0.39, 0.29) is 23.7 Å². The summed E-state index contributed by atoms with van der Waals surface area (Å²) in [6.07, 6.45) is 1.49. The molecule has 10 nitrogen and oxygen atoms in total. The number of anilines is 1. The van der Waals surface area contributed by atoms with E-state index in [0.717, 1.165) is 11.0 Å². The summed E-state index contributed by atoms with van der Waals surface area (Å²) in [5, 5.41) is 13.5. The van der Waals surface area contributed by atoms with E-state index in [1.54, 1.807) is 6.92 Å². The Balaban J connectivity index is 2.23. The zero-order chi connectivity index (χ0) is 20.1. The van der Waals surface area contributed by atoms with Gasteiger partial charge in [0, 0.05) is 18.1 Å². The van der Waals surface area contributed by atoms with Crippen LogP contribution < -0.4 is 15.0 Å². The first-order valence-electron chi connectivity index (χ1n) is 7.99. The van der Waals surface area contributed by atoms with Gasteiger partial charge >= 0.3 is 5.97 Å². The molecular formula is C17H19N3O7. The van der Waals surface area contributed by atoms with E-state index < -0.39 is 41.2 Å². The van der Waals surface area contributed by atoms with Gasteiger partial charge in [0.05, 0.1) is 17.7 Å². The number of esters is 1. The predicted octanol–water partition coefficient (Wildman–Crippen LogP) is 0.800. The van der Waals surface area contributed by atoms with E-state index in [4.69, 9.17) is 4.74 Å². The van der Waals surface area contributed by atoms with Crippen LogP contribution in [0.1, 0.15) is 6.92 Å². The normalized spacial score (nSPS) is 15.0. The fourth-order valence-corrected chi connectivity index (χ4v) is 2.51. The van der Waals surface area contributed by atoms with Crippen molar-refractivity contribution in [2.24, 2.45) is 5.92 Å². The van der Waals surface area contributed by atoms with Crippen molar-refractivity contribution in [2.45, 2.75) is 13.0 Å². The predicted molar refractivity (Wildman–Crippen MR) is 94.3 cm³/mol. The van der Waals surface area contributed by atoms with Crippen molar-refractivity contribution in [1.82, 2.24) is 5.32 Å². The van der Waals surface area contributed by atoms with Crippen LogP contribution in [0, 0.1) is 16.0 Å². The van der Waals surface area contributed by atoms with E-state index >= 15 is 0 Å². The minimum Gasteiger partial charge on any atom is -0.482 e. The molecule has 1 N–H and O–H groups in total. The second-order valence-electron chi connectivity index (χ2n) is 5.84. The Morgan fingerprint density at radius 1 is 1.52 bits per heavy atom. The summed E-state index contributed by atoms with van der Waals surface area (Å²) in [5.41, 5.74) is -0.132. The van der Waals surface area contributed by atoms with Crippen LogP contribution >= 0.6 is 0 Å². The monoisotopic (exact) mass is 377 g/mol. The third-order valence-corrected chi connectivity index (χ3v) is 4.07. The number of carbonyl (C=O) groups is 3. The molecule has 10 heteroatoms. The smallest absolute Gasteiger partial charge is 0.328 e. The highest BCUT2D eigenvalue weighted by molar-refractivity contribution is 6.02. The van der Waals surface area contributed by atoms with E-state index in [1.807, 2.05) is 0 Å². The molecule has 0 spiro atoms. The van der Waals surface area contributed by atoms with E-state index in [1.165, 1.54) is 25.3 Å². The highest BCUT2D eigenvalue weighted by Gasteiger charge is 2.31. The molecule has 0 fully saturated rings. The standard InChI is InChI=1S/C17H19N3O7/c1-4-10(2)16(17(23)26-3)18-14(21)8-19-12-7-11(20(24)25)5-6-13(12)27-9-15(19)22/h4-7,10,16H,1,8-9H2,2-3H3,(H,18,21). The van der Waals surface area contributed by atoms with Crippen LogP contribution in [0.15, 0.2) is 30.9 Å². The molecule has 27 heavy (non-hydrogen) atoms. The number of nitrogens with one attached hydrogen (secondary N) is 1. The molecule has 144 valence electrons.